The molecule has 0 amide bonds. The van der Waals surface area contributed by atoms with Gasteiger partial charge in [-0.15, -0.1) is 0 Å². The Morgan fingerprint density at radius 2 is 2.14 bits per heavy atom. The fraction of sp³-hybridized carbons (Fsp3) is 1.00. The maximum Gasteiger partial charge on any atom is 0.0636 e. The summed E-state index contributed by atoms with van der Waals surface area (Å²) in [6, 6.07) is 0.609. The summed E-state index contributed by atoms with van der Waals surface area (Å²) < 4.78 is 0. The zero-order valence-corrected chi connectivity index (χ0v) is 10.0. The number of aliphatic hydroxyl groups excluding tert-OH is 1. The van der Waals surface area contributed by atoms with E-state index in [2.05, 4.69) is 26.1 Å². The van der Waals surface area contributed by atoms with Crippen LogP contribution in [0.1, 0.15) is 47.0 Å². The van der Waals surface area contributed by atoms with Crippen molar-refractivity contribution in [3.63, 3.8) is 0 Å². The predicted molar refractivity (Wildman–Crippen MR) is 60.3 cm³/mol. The van der Waals surface area contributed by atoms with Crippen LogP contribution in [0.3, 0.4) is 0 Å². The summed E-state index contributed by atoms with van der Waals surface area (Å²) in [6.45, 7) is 9.60. The normalized spacial score (nSPS) is 34.1. The fourth-order valence-electron chi connectivity index (χ4n) is 2.57. The van der Waals surface area contributed by atoms with Crippen LogP contribution in [0.5, 0.6) is 0 Å². The Morgan fingerprint density at radius 3 is 2.64 bits per heavy atom. The minimum Gasteiger partial charge on any atom is -0.392 e. The third-order valence-corrected chi connectivity index (χ3v) is 3.37. The summed E-state index contributed by atoms with van der Waals surface area (Å²) in [5.74, 6) is 0.734. The molecule has 0 bridgehead atoms. The van der Waals surface area contributed by atoms with Gasteiger partial charge in [-0.25, -0.2) is 0 Å². The average Bonchev–Trinajstić information content (AvgIpc) is 2.00. The van der Waals surface area contributed by atoms with Gasteiger partial charge in [0.25, 0.3) is 0 Å². The summed E-state index contributed by atoms with van der Waals surface area (Å²) in [6.07, 6.45) is 3.62. The molecule has 3 atom stereocenters. The van der Waals surface area contributed by atoms with Crippen LogP contribution in [0.4, 0.5) is 0 Å². The molecule has 0 aromatic carbocycles. The fourth-order valence-corrected chi connectivity index (χ4v) is 2.57. The van der Waals surface area contributed by atoms with E-state index >= 15 is 0 Å². The maximum absolute atomic E-state index is 9.21. The molecule has 0 saturated heterocycles. The van der Waals surface area contributed by atoms with Crippen molar-refractivity contribution in [2.75, 3.05) is 6.54 Å². The van der Waals surface area contributed by atoms with Crippen molar-refractivity contribution in [3.05, 3.63) is 0 Å². The van der Waals surface area contributed by atoms with Crippen LogP contribution < -0.4 is 5.32 Å². The lowest BCUT2D eigenvalue weighted by molar-refractivity contribution is 0.129. The highest BCUT2D eigenvalue weighted by Crippen LogP contribution is 2.38. The van der Waals surface area contributed by atoms with Gasteiger partial charge < -0.3 is 10.4 Å². The molecule has 2 N–H and O–H groups in total. The van der Waals surface area contributed by atoms with E-state index in [-0.39, 0.29) is 6.10 Å². The van der Waals surface area contributed by atoms with Crippen molar-refractivity contribution in [2.24, 2.45) is 11.3 Å². The smallest absolute Gasteiger partial charge is 0.0636 e. The molecule has 1 saturated carbocycles. The first-order valence-corrected chi connectivity index (χ1v) is 5.82. The van der Waals surface area contributed by atoms with Gasteiger partial charge in [-0.3, -0.25) is 0 Å². The van der Waals surface area contributed by atoms with E-state index < -0.39 is 0 Å². The summed E-state index contributed by atoms with van der Waals surface area (Å²) in [4.78, 5) is 0. The molecule has 2 heteroatoms. The third-order valence-electron chi connectivity index (χ3n) is 3.37. The first-order chi connectivity index (χ1) is 6.41. The molecular weight excluding hydrogens is 174 g/mol. The Kier molecular flexibility index (Phi) is 3.96. The minimum atomic E-state index is -0.225. The van der Waals surface area contributed by atoms with Crippen LogP contribution in [0, 0.1) is 11.3 Å². The molecule has 14 heavy (non-hydrogen) atoms. The van der Waals surface area contributed by atoms with E-state index in [9.17, 15) is 5.11 Å². The van der Waals surface area contributed by atoms with E-state index in [1.165, 1.54) is 19.3 Å². The summed E-state index contributed by atoms with van der Waals surface area (Å²) in [5.41, 5.74) is 0.516. The van der Waals surface area contributed by atoms with Crippen LogP contribution in [0.2, 0.25) is 0 Å². The molecule has 1 fully saturated rings. The van der Waals surface area contributed by atoms with Crippen molar-refractivity contribution in [1.82, 2.24) is 5.32 Å². The second kappa shape index (κ2) is 4.63. The zero-order chi connectivity index (χ0) is 10.8. The number of hydrogen-bond acceptors (Lipinski definition) is 2. The zero-order valence-electron chi connectivity index (χ0n) is 10.0. The molecule has 1 aliphatic rings. The molecule has 0 aromatic heterocycles. The minimum absolute atomic E-state index is 0.225. The SMILES string of the molecule is CC1CC(C)(C)CCC1NC[C@H](C)O. The third kappa shape index (κ3) is 3.58. The van der Waals surface area contributed by atoms with Crippen LogP contribution in [-0.2, 0) is 0 Å². The van der Waals surface area contributed by atoms with Crippen LogP contribution in [0.25, 0.3) is 0 Å². The number of nitrogens with one attached hydrogen (secondary N) is 1. The van der Waals surface area contributed by atoms with Crippen molar-refractivity contribution >= 4 is 0 Å². The topological polar surface area (TPSA) is 32.3 Å². The first kappa shape index (κ1) is 12.0. The summed E-state index contributed by atoms with van der Waals surface area (Å²) >= 11 is 0. The second-order valence-corrected chi connectivity index (χ2v) is 5.75. The standard InChI is InChI=1S/C12H25NO/c1-9-7-12(3,4)6-5-11(9)13-8-10(2)14/h9-11,13-14H,5-8H2,1-4H3/t9?,10-,11?/m0/s1. The second-order valence-electron chi connectivity index (χ2n) is 5.75. The van der Waals surface area contributed by atoms with Gasteiger partial charge in [0.05, 0.1) is 6.10 Å². The monoisotopic (exact) mass is 199 g/mol. The highest BCUT2D eigenvalue weighted by Gasteiger charge is 2.31. The molecule has 0 heterocycles. The maximum atomic E-state index is 9.21. The van der Waals surface area contributed by atoms with Gasteiger partial charge in [-0.1, -0.05) is 20.8 Å². The Labute approximate surface area is 88.1 Å². The highest BCUT2D eigenvalue weighted by molar-refractivity contribution is 4.86. The molecule has 2 unspecified atom stereocenters. The molecule has 0 spiro atoms. The van der Waals surface area contributed by atoms with E-state index in [1.54, 1.807) is 0 Å². The average molecular weight is 199 g/mol. The van der Waals surface area contributed by atoms with Crippen LogP contribution in [0.15, 0.2) is 0 Å². The lowest BCUT2D eigenvalue weighted by Crippen LogP contribution is -2.43. The van der Waals surface area contributed by atoms with Crippen molar-refractivity contribution < 1.29 is 5.11 Å². The first-order valence-electron chi connectivity index (χ1n) is 5.82. The Balaban J connectivity index is 2.35. The quantitative estimate of drug-likeness (QED) is 0.730. The summed E-state index contributed by atoms with van der Waals surface area (Å²) in [7, 11) is 0. The van der Waals surface area contributed by atoms with Gasteiger partial charge in [-0.05, 0) is 37.5 Å². The van der Waals surface area contributed by atoms with Crippen molar-refractivity contribution in [1.29, 1.82) is 0 Å². The summed E-state index contributed by atoms with van der Waals surface area (Å²) in [5, 5.41) is 12.7. The van der Waals surface area contributed by atoms with E-state index in [0.29, 0.717) is 11.5 Å². The van der Waals surface area contributed by atoms with Crippen molar-refractivity contribution in [2.45, 2.75) is 59.1 Å². The van der Waals surface area contributed by atoms with Gasteiger partial charge >= 0.3 is 0 Å². The molecular formula is C12H25NO. The van der Waals surface area contributed by atoms with E-state index in [1.807, 2.05) is 6.92 Å². The van der Waals surface area contributed by atoms with Crippen molar-refractivity contribution in [3.8, 4) is 0 Å². The highest BCUT2D eigenvalue weighted by atomic mass is 16.3. The Bertz CT molecular complexity index is 175. The Hall–Kier alpha value is -0.0800. The number of aliphatic hydroxyl groups is 1. The van der Waals surface area contributed by atoms with Gasteiger partial charge in [0, 0.05) is 12.6 Å². The molecule has 84 valence electrons. The predicted octanol–water partition coefficient (Wildman–Crippen LogP) is 2.17. The van der Waals surface area contributed by atoms with Crippen LogP contribution in [-0.4, -0.2) is 23.8 Å². The lowest BCUT2D eigenvalue weighted by Gasteiger charge is -2.39. The van der Waals surface area contributed by atoms with E-state index in [0.717, 1.165) is 12.5 Å². The number of hydrogen-bond donors (Lipinski definition) is 2. The van der Waals surface area contributed by atoms with Crippen LogP contribution >= 0.6 is 0 Å². The largest absolute Gasteiger partial charge is 0.392 e. The Morgan fingerprint density at radius 1 is 1.50 bits per heavy atom. The molecule has 2 nitrogen and oxygen atoms in total. The molecule has 0 aliphatic heterocycles. The lowest BCUT2D eigenvalue weighted by atomic mass is 9.70. The molecule has 1 aliphatic carbocycles. The van der Waals surface area contributed by atoms with Gasteiger partial charge in [-0.2, -0.15) is 0 Å². The molecule has 0 aromatic rings. The number of rotatable bonds is 3. The molecule has 0 radical (unpaired) electrons. The van der Waals surface area contributed by atoms with E-state index in [4.69, 9.17) is 0 Å². The van der Waals surface area contributed by atoms with Gasteiger partial charge in [0.2, 0.25) is 0 Å². The molecule has 1 rings (SSSR count). The van der Waals surface area contributed by atoms with Gasteiger partial charge in [0.1, 0.15) is 0 Å². The van der Waals surface area contributed by atoms with Gasteiger partial charge in [0.15, 0.2) is 0 Å².